The maximum Gasteiger partial charge on any atom is 0.257 e. The molecule has 0 saturated carbocycles. The number of nitrogens with zero attached hydrogens (tertiary/aromatic N) is 5. The highest BCUT2D eigenvalue weighted by Crippen LogP contribution is 2.11. The van der Waals surface area contributed by atoms with Gasteiger partial charge in [0, 0.05) is 33.0 Å². The van der Waals surface area contributed by atoms with Gasteiger partial charge >= 0.3 is 0 Å². The zero-order chi connectivity index (χ0) is 14.0. The quantitative estimate of drug-likeness (QED) is 0.831. The van der Waals surface area contributed by atoms with Crippen molar-refractivity contribution >= 4 is 5.91 Å². The third-order valence-corrected chi connectivity index (χ3v) is 3.17. The van der Waals surface area contributed by atoms with Crippen LogP contribution in [-0.2, 0) is 20.1 Å². The van der Waals surface area contributed by atoms with Crippen molar-refractivity contribution in [3.05, 3.63) is 35.4 Å². The molecule has 0 radical (unpaired) electrons. The molecule has 0 unspecified atom stereocenters. The number of amides is 1. The first kappa shape index (κ1) is 13.3. The van der Waals surface area contributed by atoms with Gasteiger partial charge in [0.05, 0.1) is 23.5 Å². The van der Waals surface area contributed by atoms with Gasteiger partial charge in [-0.2, -0.15) is 10.2 Å². The second-order valence-corrected chi connectivity index (χ2v) is 4.59. The molecule has 0 atom stereocenters. The third-order valence-electron chi connectivity index (χ3n) is 3.17. The lowest BCUT2D eigenvalue weighted by Crippen LogP contribution is -2.27. The van der Waals surface area contributed by atoms with Crippen LogP contribution in [0.5, 0.6) is 0 Å². The van der Waals surface area contributed by atoms with Gasteiger partial charge < -0.3 is 4.90 Å². The topological polar surface area (TPSA) is 56.0 Å². The lowest BCUT2D eigenvalue weighted by atomic mass is 10.2. The van der Waals surface area contributed by atoms with Gasteiger partial charge in [-0.15, -0.1) is 0 Å². The van der Waals surface area contributed by atoms with Crippen LogP contribution in [0.25, 0.3) is 0 Å². The zero-order valence-corrected chi connectivity index (χ0v) is 11.8. The van der Waals surface area contributed by atoms with Crippen LogP contribution >= 0.6 is 0 Å². The molecule has 0 bridgehead atoms. The molecule has 0 spiro atoms. The smallest absolute Gasteiger partial charge is 0.257 e. The van der Waals surface area contributed by atoms with Crippen molar-refractivity contribution in [1.82, 2.24) is 24.5 Å². The van der Waals surface area contributed by atoms with Gasteiger partial charge in [-0.3, -0.25) is 14.2 Å². The summed E-state index contributed by atoms with van der Waals surface area (Å²) in [6.45, 7) is 5.16. The predicted octanol–water partition coefficient (Wildman–Crippen LogP) is 1.22. The number of carbonyl (C=O) groups excluding carboxylic acids is 1. The Morgan fingerprint density at radius 3 is 2.74 bits per heavy atom. The van der Waals surface area contributed by atoms with Gasteiger partial charge in [-0.25, -0.2) is 0 Å². The van der Waals surface area contributed by atoms with Crippen LogP contribution in [0.15, 0.2) is 18.5 Å². The molecule has 0 aliphatic carbocycles. The van der Waals surface area contributed by atoms with Crippen LogP contribution in [0, 0.1) is 6.92 Å². The number of aryl methyl sites for hydroxylation is 3. The highest BCUT2D eigenvalue weighted by molar-refractivity contribution is 5.94. The summed E-state index contributed by atoms with van der Waals surface area (Å²) in [5, 5.41) is 8.40. The van der Waals surface area contributed by atoms with Gasteiger partial charge in [0.1, 0.15) is 0 Å². The fraction of sp³-hybridized carbons (Fsp3) is 0.462. The first-order chi connectivity index (χ1) is 9.02. The van der Waals surface area contributed by atoms with Crippen molar-refractivity contribution in [2.24, 2.45) is 7.05 Å². The van der Waals surface area contributed by atoms with Crippen molar-refractivity contribution in [3.8, 4) is 0 Å². The fourth-order valence-electron chi connectivity index (χ4n) is 1.97. The van der Waals surface area contributed by atoms with Crippen molar-refractivity contribution in [1.29, 1.82) is 0 Å². The molecule has 0 N–H and O–H groups in total. The highest BCUT2D eigenvalue weighted by atomic mass is 16.2. The maximum absolute atomic E-state index is 12.4. The Balaban J connectivity index is 2.14. The second-order valence-electron chi connectivity index (χ2n) is 4.59. The van der Waals surface area contributed by atoms with Crippen molar-refractivity contribution in [2.45, 2.75) is 26.9 Å². The Bertz CT molecular complexity index is 584. The molecule has 2 aromatic rings. The van der Waals surface area contributed by atoms with E-state index in [0.29, 0.717) is 12.1 Å². The van der Waals surface area contributed by atoms with E-state index in [1.54, 1.807) is 33.7 Å². The molecule has 6 nitrogen and oxygen atoms in total. The Morgan fingerprint density at radius 2 is 2.21 bits per heavy atom. The summed E-state index contributed by atoms with van der Waals surface area (Å²) in [5.41, 5.74) is 2.42. The Kier molecular flexibility index (Phi) is 3.69. The van der Waals surface area contributed by atoms with E-state index >= 15 is 0 Å². The predicted molar refractivity (Wildman–Crippen MR) is 71.6 cm³/mol. The number of hydrogen-bond acceptors (Lipinski definition) is 3. The lowest BCUT2D eigenvalue weighted by molar-refractivity contribution is 0.0781. The maximum atomic E-state index is 12.4. The van der Waals surface area contributed by atoms with Crippen LogP contribution in [0.3, 0.4) is 0 Å². The van der Waals surface area contributed by atoms with E-state index in [1.807, 2.05) is 27.0 Å². The van der Waals surface area contributed by atoms with E-state index in [0.717, 1.165) is 17.9 Å². The molecular weight excluding hydrogens is 242 g/mol. The fourth-order valence-corrected chi connectivity index (χ4v) is 1.97. The summed E-state index contributed by atoms with van der Waals surface area (Å²) in [6, 6.07) is 1.91. The van der Waals surface area contributed by atoms with Gasteiger partial charge in [-0.05, 0) is 19.9 Å². The van der Waals surface area contributed by atoms with E-state index < -0.39 is 0 Å². The molecule has 0 aliphatic heterocycles. The molecule has 2 aromatic heterocycles. The summed E-state index contributed by atoms with van der Waals surface area (Å²) in [6.07, 6.45) is 3.53. The van der Waals surface area contributed by atoms with Gasteiger partial charge in [0.2, 0.25) is 0 Å². The van der Waals surface area contributed by atoms with E-state index in [9.17, 15) is 4.79 Å². The van der Waals surface area contributed by atoms with Crippen LogP contribution in [0.4, 0.5) is 0 Å². The number of rotatable bonds is 4. The minimum absolute atomic E-state index is 0.0154. The molecule has 1 amide bonds. The molecule has 0 aromatic carbocycles. The van der Waals surface area contributed by atoms with E-state index in [1.165, 1.54) is 0 Å². The molecule has 0 aliphatic rings. The highest BCUT2D eigenvalue weighted by Gasteiger charge is 2.18. The molecular formula is C13H19N5O. The molecule has 19 heavy (non-hydrogen) atoms. The first-order valence-corrected chi connectivity index (χ1v) is 6.29. The zero-order valence-electron chi connectivity index (χ0n) is 11.8. The van der Waals surface area contributed by atoms with Crippen LogP contribution in [-0.4, -0.2) is 37.4 Å². The summed E-state index contributed by atoms with van der Waals surface area (Å²) in [5.74, 6) is -0.0154. The van der Waals surface area contributed by atoms with Crippen molar-refractivity contribution < 1.29 is 4.79 Å². The Labute approximate surface area is 112 Å². The standard InChI is InChI=1S/C13H19N5O/c1-5-18-9-12(10(2)15-18)13(19)16(3)8-11-6-7-14-17(11)4/h6-7,9H,5,8H2,1-4H3. The third kappa shape index (κ3) is 2.67. The summed E-state index contributed by atoms with van der Waals surface area (Å²) in [7, 11) is 3.66. The summed E-state index contributed by atoms with van der Waals surface area (Å²) in [4.78, 5) is 14.1. The first-order valence-electron chi connectivity index (χ1n) is 6.29. The second kappa shape index (κ2) is 5.26. The van der Waals surface area contributed by atoms with Crippen molar-refractivity contribution in [2.75, 3.05) is 7.05 Å². The molecule has 0 saturated heterocycles. The summed E-state index contributed by atoms with van der Waals surface area (Å²) >= 11 is 0. The molecule has 0 fully saturated rings. The molecule has 102 valence electrons. The molecule has 2 heterocycles. The van der Waals surface area contributed by atoms with Crippen LogP contribution < -0.4 is 0 Å². The minimum atomic E-state index is -0.0154. The normalized spacial score (nSPS) is 10.7. The van der Waals surface area contributed by atoms with Crippen LogP contribution in [0.2, 0.25) is 0 Å². The van der Waals surface area contributed by atoms with Gasteiger partial charge in [-0.1, -0.05) is 0 Å². The Hall–Kier alpha value is -2.11. The SMILES string of the molecule is CCn1cc(C(=O)N(C)Cc2ccnn2C)c(C)n1. The van der Waals surface area contributed by atoms with Crippen LogP contribution in [0.1, 0.15) is 28.7 Å². The molecule has 2 rings (SSSR count). The van der Waals surface area contributed by atoms with Gasteiger partial charge in [0.25, 0.3) is 5.91 Å². The number of hydrogen-bond donors (Lipinski definition) is 0. The van der Waals surface area contributed by atoms with E-state index in [-0.39, 0.29) is 5.91 Å². The minimum Gasteiger partial charge on any atom is -0.336 e. The lowest BCUT2D eigenvalue weighted by Gasteiger charge is -2.16. The van der Waals surface area contributed by atoms with Gasteiger partial charge in [0.15, 0.2) is 0 Å². The number of aromatic nitrogens is 4. The largest absolute Gasteiger partial charge is 0.336 e. The van der Waals surface area contributed by atoms with E-state index in [2.05, 4.69) is 10.2 Å². The average Bonchev–Trinajstić information content (AvgIpc) is 2.95. The number of carbonyl (C=O) groups is 1. The van der Waals surface area contributed by atoms with Crippen molar-refractivity contribution in [3.63, 3.8) is 0 Å². The average molecular weight is 261 g/mol. The van der Waals surface area contributed by atoms with E-state index in [4.69, 9.17) is 0 Å². The monoisotopic (exact) mass is 261 g/mol. The summed E-state index contributed by atoms with van der Waals surface area (Å²) < 4.78 is 3.55. The Morgan fingerprint density at radius 1 is 1.47 bits per heavy atom. The molecule has 6 heteroatoms.